The number of hydrogen-bond donors (Lipinski definition) is 1. The number of amides is 1. The Hall–Kier alpha value is -2.21. The molecule has 21 heavy (non-hydrogen) atoms. The zero-order valence-electron chi connectivity index (χ0n) is 11.3. The summed E-state index contributed by atoms with van der Waals surface area (Å²) in [6.07, 6.45) is 2.31. The van der Waals surface area contributed by atoms with Crippen molar-refractivity contribution in [2.45, 2.75) is 13.3 Å². The van der Waals surface area contributed by atoms with Crippen LogP contribution in [-0.4, -0.2) is 15.9 Å². The second-order valence-corrected chi connectivity index (χ2v) is 5.28. The molecule has 1 N–H and O–H groups in total. The van der Waals surface area contributed by atoms with Gasteiger partial charge in [0, 0.05) is 23.9 Å². The van der Waals surface area contributed by atoms with Gasteiger partial charge in [-0.25, -0.2) is 9.97 Å². The van der Waals surface area contributed by atoms with Crippen LogP contribution in [0.25, 0.3) is 11.1 Å². The molecule has 6 heteroatoms. The van der Waals surface area contributed by atoms with Crippen LogP contribution < -0.4 is 5.32 Å². The highest BCUT2D eigenvalue weighted by atomic mass is 79.9. The van der Waals surface area contributed by atoms with Crippen LogP contribution in [0.4, 0.5) is 5.69 Å². The number of halogens is 1. The molecule has 0 fully saturated rings. The minimum Gasteiger partial charge on any atom is -0.441 e. The van der Waals surface area contributed by atoms with Gasteiger partial charge in [-0.3, -0.25) is 4.79 Å². The average molecular weight is 346 g/mol. The van der Waals surface area contributed by atoms with Gasteiger partial charge in [-0.05, 0) is 46.3 Å². The molecular formula is C15H12BrN3O2. The van der Waals surface area contributed by atoms with Crippen LogP contribution in [0.1, 0.15) is 23.2 Å². The molecule has 0 unspecified atom stereocenters. The largest absolute Gasteiger partial charge is 0.441 e. The van der Waals surface area contributed by atoms with Gasteiger partial charge in [-0.15, -0.1) is 0 Å². The maximum atomic E-state index is 12.2. The molecule has 106 valence electrons. The molecule has 0 spiro atoms. The van der Waals surface area contributed by atoms with E-state index in [1.165, 1.54) is 0 Å². The van der Waals surface area contributed by atoms with Crippen molar-refractivity contribution >= 4 is 38.6 Å². The molecule has 3 aromatic rings. The van der Waals surface area contributed by atoms with Gasteiger partial charge in [0.2, 0.25) is 0 Å². The number of nitrogens with one attached hydrogen (secondary N) is 1. The third kappa shape index (κ3) is 2.95. The Bertz CT molecular complexity index is 814. The van der Waals surface area contributed by atoms with E-state index in [2.05, 4.69) is 31.2 Å². The van der Waals surface area contributed by atoms with Crippen molar-refractivity contribution < 1.29 is 9.21 Å². The smallest absolute Gasteiger partial charge is 0.255 e. The standard InChI is InChI=1S/C15H12BrN3O2/c1-2-14-19-11-8-10(3-4-12(11)21-14)18-15(20)9-5-6-17-13(16)7-9/h3-8H,2H2,1H3,(H,18,20). The van der Waals surface area contributed by atoms with Gasteiger partial charge >= 0.3 is 0 Å². The quantitative estimate of drug-likeness (QED) is 0.733. The normalized spacial score (nSPS) is 10.8. The van der Waals surface area contributed by atoms with Crippen molar-refractivity contribution in [2.75, 3.05) is 5.32 Å². The molecule has 1 aromatic carbocycles. The van der Waals surface area contributed by atoms with Crippen LogP contribution >= 0.6 is 15.9 Å². The van der Waals surface area contributed by atoms with E-state index in [4.69, 9.17) is 4.42 Å². The van der Waals surface area contributed by atoms with Gasteiger partial charge < -0.3 is 9.73 Å². The van der Waals surface area contributed by atoms with Crippen molar-refractivity contribution in [2.24, 2.45) is 0 Å². The highest BCUT2D eigenvalue weighted by molar-refractivity contribution is 9.10. The third-order valence-corrected chi connectivity index (χ3v) is 3.41. The maximum absolute atomic E-state index is 12.2. The molecule has 0 atom stereocenters. The Morgan fingerprint density at radius 2 is 2.19 bits per heavy atom. The average Bonchev–Trinajstić information content (AvgIpc) is 2.89. The number of oxazole rings is 1. The molecule has 0 radical (unpaired) electrons. The summed E-state index contributed by atoms with van der Waals surface area (Å²) in [6.45, 7) is 1.98. The summed E-state index contributed by atoms with van der Waals surface area (Å²) >= 11 is 3.25. The molecule has 2 aromatic heterocycles. The van der Waals surface area contributed by atoms with E-state index in [1.54, 1.807) is 36.5 Å². The number of aromatic nitrogens is 2. The van der Waals surface area contributed by atoms with Crippen molar-refractivity contribution in [3.63, 3.8) is 0 Å². The molecule has 0 aliphatic rings. The number of carbonyl (C=O) groups is 1. The molecule has 3 rings (SSSR count). The lowest BCUT2D eigenvalue weighted by molar-refractivity contribution is 0.102. The summed E-state index contributed by atoms with van der Waals surface area (Å²) in [4.78, 5) is 20.5. The van der Waals surface area contributed by atoms with Crippen LogP contribution in [0.15, 0.2) is 45.5 Å². The topological polar surface area (TPSA) is 68.0 Å². The molecule has 0 aliphatic carbocycles. The number of nitrogens with zero attached hydrogens (tertiary/aromatic N) is 2. The number of pyridine rings is 1. The number of hydrogen-bond acceptors (Lipinski definition) is 4. The van der Waals surface area contributed by atoms with Crippen LogP contribution in [0.3, 0.4) is 0 Å². The molecule has 0 bridgehead atoms. The van der Waals surface area contributed by atoms with Crippen molar-refractivity contribution in [3.8, 4) is 0 Å². The van der Waals surface area contributed by atoms with E-state index in [1.807, 2.05) is 6.92 Å². The number of carbonyl (C=O) groups excluding carboxylic acids is 1. The van der Waals surface area contributed by atoms with E-state index in [-0.39, 0.29) is 5.91 Å². The van der Waals surface area contributed by atoms with Gasteiger partial charge in [0.15, 0.2) is 11.5 Å². The number of aryl methyl sites for hydroxylation is 1. The van der Waals surface area contributed by atoms with Gasteiger partial charge in [0.25, 0.3) is 5.91 Å². The first-order valence-corrected chi connectivity index (χ1v) is 7.27. The van der Waals surface area contributed by atoms with Gasteiger partial charge in [-0.1, -0.05) is 6.92 Å². The first kappa shape index (κ1) is 13.8. The lowest BCUT2D eigenvalue weighted by Gasteiger charge is -2.05. The fourth-order valence-corrected chi connectivity index (χ4v) is 2.32. The van der Waals surface area contributed by atoms with Gasteiger partial charge in [-0.2, -0.15) is 0 Å². The minimum absolute atomic E-state index is 0.198. The summed E-state index contributed by atoms with van der Waals surface area (Å²) in [7, 11) is 0. The van der Waals surface area contributed by atoms with Crippen LogP contribution in [0.2, 0.25) is 0 Å². The summed E-state index contributed by atoms with van der Waals surface area (Å²) < 4.78 is 6.16. The Morgan fingerprint density at radius 1 is 1.33 bits per heavy atom. The predicted molar refractivity (Wildman–Crippen MR) is 83.3 cm³/mol. The highest BCUT2D eigenvalue weighted by Crippen LogP contribution is 2.21. The third-order valence-electron chi connectivity index (χ3n) is 2.98. The van der Waals surface area contributed by atoms with Crippen molar-refractivity contribution in [1.82, 2.24) is 9.97 Å². The van der Waals surface area contributed by atoms with E-state index in [0.29, 0.717) is 21.7 Å². The molecule has 1 amide bonds. The zero-order chi connectivity index (χ0) is 14.8. The summed E-state index contributed by atoms with van der Waals surface area (Å²) in [5, 5.41) is 2.84. The number of benzene rings is 1. The molecule has 0 saturated heterocycles. The number of rotatable bonds is 3. The predicted octanol–water partition coefficient (Wildman–Crippen LogP) is 3.80. The fourth-order valence-electron chi connectivity index (χ4n) is 1.95. The molecule has 0 aliphatic heterocycles. The Morgan fingerprint density at radius 3 is 2.95 bits per heavy atom. The monoisotopic (exact) mass is 345 g/mol. The van der Waals surface area contributed by atoms with Crippen LogP contribution in [0, 0.1) is 0 Å². The summed E-state index contributed by atoms with van der Waals surface area (Å²) in [6, 6.07) is 8.72. The maximum Gasteiger partial charge on any atom is 0.255 e. The molecular weight excluding hydrogens is 334 g/mol. The zero-order valence-corrected chi connectivity index (χ0v) is 12.8. The lowest BCUT2D eigenvalue weighted by atomic mass is 10.2. The molecule has 5 nitrogen and oxygen atoms in total. The van der Waals surface area contributed by atoms with Crippen LogP contribution in [0.5, 0.6) is 0 Å². The Labute approximate surface area is 129 Å². The van der Waals surface area contributed by atoms with E-state index in [0.717, 1.165) is 17.5 Å². The van der Waals surface area contributed by atoms with E-state index < -0.39 is 0 Å². The first-order chi connectivity index (χ1) is 10.2. The van der Waals surface area contributed by atoms with Crippen molar-refractivity contribution in [3.05, 3.63) is 52.6 Å². The second-order valence-electron chi connectivity index (χ2n) is 4.47. The molecule has 0 saturated carbocycles. The van der Waals surface area contributed by atoms with E-state index >= 15 is 0 Å². The van der Waals surface area contributed by atoms with Crippen LogP contribution in [-0.2, 0) is 6.42 Å². The number of fused-ring (bicyclic) bond motifs is 1. The van der Waals surface area contributed by atoms with Crippen molar-refractivity contribution in [1.29, 1.82) is 0 Å². The van der Waals surface area contributed by atoms with E-state index in [9.17, 15) is 4.79 Å². The SMILES string of the molecule is CCc1nc2cc(NC(=O)c3ccnc(Br)c3)ccc2o1. The lowest BCUT2D eigenvalue weighted by Crippen LogP contribution is -2.11. The first-order valence-electron chi connectivity index (χ1n) is 6.48. The Kier molecular flexibility index (Phi) is 3.70. The van der Waals surface area contributed by atoms with Gasteiger partial charge in [0.1, 0.15) is 10.1 Å². The number of anilines is 1. The highest BCUT2D eigenvalue weighted by Gasteiger charge is 2.09. The van der Waals surface area contributed by atoms with Gasteiger partial charge in [0.05, 0.1) is 0 Å². The Balaban J connectivity index is 1.85. The fraction of sp³-hybridized carbons (Fsp3) is 0.133. The summed E-state index contributed by atoms with van der Waals surface area (Å²) in [5.41, 5.74) is 2.67. The minimum atomic E-state index is -0.198. The second kappa shape index (κ2) is 5.65. The summed E-state index contributed by atoms with van der Waals surface area (Å²) in [5.74, 6) is 0.489. The molecule has 2 heterocycles.